The second-order valence-corrected chi connectivity index (χ2v) is 3.32. The van der Waals surface area contributed by atoms with E-state index in [0.717, 1.165) is 0 Å². The second kappa shape index (κ2) is 3.91. The molecule has 1 nitrogen and oxygen atoms in total. The molecule has 0 amide bonds. The van der Waals surface area contributed by atoms with Crippen molar-refractivity contribution in [2.45, 2.75) is 13.5 Å². The molecule has 0 saturated carbocycles. The van der Waals surface area contributed by atoms with E-state index < -0.39 is 9.04 Å². The number of hydrogen-bond acceptors (Lipinski definition) is 1. The van der Waals surface area contributed by atoms with Gasteiger partial charge in [0.15, 0.2) is 0 Å². The van der Waals surface area contributed by atoms with Gasteiger partial charge in [0.25, 0.3) is 9.04 Å². The van der Waals surface area contributed by atoms with Gasteiger partial charge in [-0.25, -0.2) is 0 Å². The quantitative estimate of drug-likeness (QED) is 0.357. The summed E-state index contributed by atoms with van der Waals surface area (Å²) in [6.45, 7) is 3.89. The summed E-state index contributed by atoms with van der Waals surface area (Å²) in [5.74, 6) is 2.81. The van der Waals surface area contributed by atoms with Crippen molar-refractivity contribution in [2.75, 3.05) is 7.11 Å². The van der Waals surface area contributed by atoms with Crippen LogP contribution < -0.4 is 0 Å². The SMILES string of the molecule is CC#C[SiH](C)OC. The van der Waals surface area contributed by atoms with Gasteiger partial charge in [0, 0.05) is 7.11 Å². The van der Waals surface area contributed by atoms with Gasteiger partial charge < -0.3 is 4.43 Å². The summed E-state index contributed by atoms with van der Waals surface area (Å²) in [5.41, 5.74) is 2.96. The van der Waals surface area contributed by atoms with E-state index in [0.29, 0.717) is 0 Å². The van der Waals surface area contributed by atoms with E-state index in [1.54, 1.807) is 7.11 Å². The topological polar surface area (TPSA) is 9.23 Å². The highest BCUT2D eigenvalue weighted by molar-refractivity contribution is 6.59. The maximum absolute atomic E-state index is 4.96. The van der Waals surface area contributed by atoms with Gasteiger partial charge in [0.05, 0.1) is 0 Å². The van der Waals surface area contributed by atoms with Crippen molar-refractivity contribution in [1.82, 2.24) is 0 Å². The third kappa shape index (κ3) is 3.57. The second-order valence-electron chi connectivity index (χ2n) is 1.27. The molecule has 0 aliphatic heterocycles. The maximum Gasteiger partial charge on any atom is 0.252 e. The highest BCUT2D eigenvalue weighted by Crippen LogP contribution is 1.74. The molecule has 2 heteroatoms. The largest absolute Gasteiger partial charge is 0.411 e. The molecule has 0 fully saturated rings. The van der Waals surface area contributed by atoms with E-state index in [1.165, 1.54) is 0 Å². The summed E-state index contributed by atoms with van der Waals surface area (Å²) >= 11 is 0. The smallest absolute Gasteiger partial charge is 0.252 e. The Bertz CT molecular complexity index is 90.0. The van der Waals surface area contributed by atoms with Gasteiger partial charge in [-0.2, -0.15) is 0 Å². The first kappa shape index (κ1) is 6.74. The standard InChI is InChI=1S/C5H10OSi/c1-4-5-7(3)6-2/h7H,1-3H3. The van der Waals surface area contributed by atoms with E-state index in [4.69, 9.17) is 4.43 Å². The normalized spacial score (nSPS) is 11.9. The Balaban J connectivity index is 3.29. The van der Waals surface area contributed by atoms with E-state index >= 15 is 0 Å². The predicted octanol–water partition coefficient (Wildman–Crippen LogP) is 0.549. The van der Waals surface area contributed by atoms with Gasteiger partial charge >= 0.3 is 0 Å². The molecule has 0 rings (SSSR count). The summed E-state index contributed by atoms with van der Waals surface area (Å²) in [6.07, 6.45) is 0. The molecule has 0 saturated heterocycles. The third-order valence-corrected chi connectivity index (χ3v) is 2.10. The average molecular weight is 114 g/mol. The van der Waals surface area contributed by atoms with Crippen LogP contribution in [0.2, 0.25) is 6.55 Å². The molecule has 0 aromatic rings. The van der Waals surface area contributed by atoms with Crippen molar-refractivity contribution >= 4 is 9.04 Å². The van der Waals surface area contributed by atoms with Crippen LogP contribution in [0, 0.1) is 11.5 Å². The molecular weight excluding hydrogens is 104 g/mol. The van der Waals surface area contributed by atoms with Crippen molar-refractivity contribution < 1.29 is 4.43 Å². The maximum atomic E-state index is 4.96. The van der Waals surface area contributed by atoms with E-state index in [-0.39, 0.29) is 0 Å². The predicted molar refractivity (Wildman–Crippen MR) is 33.5 cm³/mol. The molecule has 0 N–H and O–H groups in total. The van der Waals surface area contributed by atoms with Gasteiger partial charge in [-0.15, -0.1) is 11.5 Å². The molecular formula is C5H10OSi. The zero-order valence-corrected chi connectivity index (χ0v) is 6.14. The number of rotatable bonds is 1. The zero-order valence-electron chi connectivity index (χ0n) is 4.99. The van der Waals surface area contributed by atoms with Crippen molar-refractivity contribution in [3.05, 3.63) is 0 Å². The van der Waals surface area contributed by atoms with Gasteiger partial charge in [-0.05, 0) is 13.5 Å². The molecule has 0 spiro atoms. The lowest BCUT2D eigenvalue weighted by Crippen LogP contribution is -2.05. The zero-order chi connectivity index (χ0) is 5.70. The van der Waals surface area contributed by atoms with Gasteiger partial charge in [0.2, 0.25) is 0 Å². The van der Waals surface area contributed by atoms with Crippen molar-refractivity contribution in [2.24, 2.45) is 0 Å². The summed E-state index contributed by atoms with van der Waals surface area (Å²) in [6, 6.07) is 0. The highest BCUT2D eigenvalue weighted by atomic mass is 28.3. The monoisotopic (exact) mass is 114 g/mol. The van der Waals surface area contributed by atoms with Crippen LogP contribution in [-0.4, -0.2) is 16.2 Å². The highest BCUT2D eigenvalue weighted by Gasteiger charge is 1.90. The molecule has 1 unspecified atom stereocenters. The van der Waals surface area contributed by atoms with Crippen molar-refractivity contribution in [3.63, 3.8) is 0 Å². The molecule has 40 valence electrons. The van der Waals surface area contributed by atoms with Gasteiger partial charge in [-0.1, -0.05) is 0 Å². The van der Waals surface area contributed by atoms with Crippen LogP contribution in [0.3, 0.4) is 0 Å². The van der Waals surface area contributed by atoms with E-state index in [2.05, 4.69) is 18.0 Å². The summed E-state index contributed by atoms with van der Waals surface area (Å²) < 4.78 is 4.96. The lowest BCUT2D eigenvalue weighted by atomic mass is 10.8. The molecule has 0 radical (unpaired) electrons. The lowest BCUT2D eigenvalue weighted by Gasteiger charge is -1.92. The van der Waals surface area contributed by atoms with Crippen LogP contribution in [0.15, 0.2) is 0 Å². The Morgan fingerprint density at radius 2 is 2.14 bits per heavy atom. The molecule has 0 heterocycles. The Hall–Kier alpha value is -0.263. The molecule has 0 aromatic heterocycles. The van der Waals surface area contributed by atoms with Crippen LogP contribution in [0.5, 0.6) is 0 Å². The molecule has 1 atom stereocenters. The lowest BCUT2D eigenvalue weighted by molar-refractivity contribution is 0.435. The minimum absolute atomic E-state index is 1.04. The minimum Gasteiger partial charge on any atom is -0.411 e. The summed E-state index contributed by atoms with van der Waals surface area (Å²) in [4.78, 5) is 0. The summed E-state index contributed by atoms with van der Waals surface area (Å²) in [7, 11) is 0.667. The molecule has 0 aliphatic rings. The Labute approximate surface area is 46.4 Å². The van der Waals surface area contributed by atoms with Crippen LogP contribution >= 0.6 is 0 Å². The fraction of sp³-hybridized carbons (Fsp3) is 0.600. The van der Waals surface area contributed by atoms with Gasteiger partial charge in [0.1, 0.15) is 0 Å². The van der Waals surface area contributed by atoms with Crippen LogP contribution in [-0.2, 0) is 4.43 Å². The van der Waals surface area contributed by atoms with E-state index in [9.17, 15) is 0 Å². The Kier molecular flexibility index (Phi) is 3.76. The third-order valence-electron chi connectivity index (χ3n) is 0.701. The fourth-order valence-electron chi connectivity index (χ4n) is 0.262. The first-order valence-electron chi connectivity index (χ1n) is 2.26. The van der Waals surface area contributed by atoms with Crippen LogP contribution in [0.4, 0.5) is 0 Å². The molecule has 7 heavy (non-hydrogen) atoms. The van der Waals surface area contributed by atoms with Gasteiger partial charge in [-0.3, -0.25) is 0 Å². The molecule has 0 aliphatic carbocycles. The Morgan fingerprint density at radius 1 is 1.57 bits per heavy atom. The Morgan fingerprint density at radius 3 is 2.29 bits per heavy atom. The van der Waals surface area contributed by atoms with E-state index in [1.807, 2.05) is 6.92 Å². The number of hydrogen-bond donors (Lipinski definition) is 0. The van der Waals surface area contributed by atoms with Crippen molar-refractivity contribution in [3.8, 4) is 11.5 Å². The van der Waals surface area contributed by atoms with Crippen LogP contribution in [0.25, 0.3) is 0 Å². The molecule has 0 bridgehead atoms. The molecule has 0 aromatic carbocycles. The first-order valence-corrected chi connectivity index (χ1v) is 4.46. The minimum atomic E-state index is -1.04. The first-order chi connectivity index (χ1) is 3.31. The average Bonchev–Trinajstić information content (AvgIpc) is 1.68. The summed E-state index contributed by atoms with van der Waals surface area (Å²) in [5, 5.41) is 0. The van der Waals surface area contributed by atoms with Crippen LogP contribution in [0.1, 0.15) is 6.92 Å². The van der Waals surface area contributed by atoms with Crippen molar-refractivity contribution in [1.29, 1.82) is 0 Å². The fourth-order valence-corrected chi connectivity index (χ4v) is 0.787.